The number of ether oxygens (including phenoxy) is 1. The molecule has 1 N–H and O–H groups in total. The first kappa shape index (κ1) is 17.3. The van der Waals surface area contributed by atoms with Crippen molar-refractivity contribution in [3.8, 4) is 0 Å². The molecule has 9 atom stereocenters. The standard InChI is InChI=1S/C24H31NO3/c1-3-13-10-14-11-15(25-27)4-5-16(14)17-6-8-23(2)22(21(13)17)18-12-19(18)24(23)9-7-20(26)28-24/h7,9,11,13,16-19,21-22,27H,3-6,8,10,12H2,1-2H3/b25-15+/t13-,16-,17?,18+,19-,21?,22?,23-,24-/m0/s1. The Morgan fingerprint density at radius 3 is 2.89 bits per heavy atom. The van der Waals surface area contributed by atoms with Gasteiger partial charge in [0.25, 0.3) is 0 Å². The fourth-order valence-electron chi connectivity index (χ4n) is 8.82. The Balaban J connectivity index is 1.41. The lowest BCUT2D eigenvalue weighted by Crippen LogP contribution is -2.56. The monoisotopic (exact) mass is 381 g/mol. The molecule has 3 unspecified atom stereocenters. The summed E-state index contributed by atoms with van der Waals surface area (Å²) < 4.78 is 6.12. The van der Waals surface area contributed by atoms with Crippen LogP contribution in [0.3, 0.4) is 0 Å². The minimum Gasteiger partial charge on any atom is -0.451 e. The van der Waals surface area contributed by atoms with E-state index in [2.05, 4.69) is 31.2 Å². The summed E-state index contributed by atoms with van der Waals surface area (Å²) in [6, 6.07) is 0. The van der Waals surface area contributed by atoms with Gasteiger partial charge in [0.05, 0.1) is 5.71 Å². The molecule has 1 spiro atoms. The van der Waals surface area contributed by atoms with E-state index in [1.165, 1.54) is 25.7 Å². The zero-order valence-corrected chi connectivity index (χ0v) is 16.9. The van der Waals surface area contributed by atoms with Gasteiger partial charge in [-0.15, -0.1) is 0 Å². The molecule has 1 heterocycles. The SMILES string of the molecule is CC[C@H]1CC2=C/C(=N/O)CC[C@@H]2C2CC[C@@]3(C)C(C21)[C@@H]1C[C@@H]1[C@@]31C=CC(=O)O1. The Bertz CT molecular complexity index is 828. The topological polar surface area (TPSA) is 58.9 Å². The second-order valence-electron chi connectivity index (χ2n) is 10.6. The molecule has 0 amide bonds. The van der Waals surface area contributed by atoms with Crippen LogP contribution in [0.4, 0.5) is 0 Å². The van der Waals surface area contributed by atoms with Gasteiger partial charge in [-0.05, 0) is 86.2 Å². The molecule has 0 saturated heterocycles. The second kappa shape index (κ2) is 5.52. The third-order valence-corrected chi connectivity index (χ3v) is 9.87. The van der Waals surface area contributed by atoms with Gasteiger partial charge < -0.3 is 9.94 Å². The Labute approximate surface area is 167 Å². The maximum absolute atomic E-state index is 12.1. The van der Waals surface area contributed by atoms with Gasteiger partial charge in [0.1, 0.15) is 5.60 Å². The Hall–Kier alpha value is -1.58. The van der Waals surface area contributed by atoms with E-state index in [1.54, 1.807) is 11.6 Å². The highest BCUT2D eigenvalue weighted by Crippen LogP contribution is 2.78. The average molecular weight is 382 g/mol. The maximum Gasteiger partial charge on any atom is 0.331 e. The predicted octanol–water partition coefficient (Wildman–Crippen LogP) is 4.73. The minimum atomic E-state index is -0.317. The number of esters is 1. The number of rotatable bonds is 1. The van der Waals surface area contributed by atoms with Gasteiger partial charge in [0, 0.05) is 17.4 Å². The van der Waals surface area contributed by atoms with Gasteiger partial charge in [-0.3, -0.25) is 0 Å². The number of oxime groups is 1. The van der Waals surface area contributed by atoms with E-state index >= 15 is 0 Å². The summed E-state index contributed by atoms with van der Waals surface area (Å²) in [5.41, 5.74) is 2.20. The van der Waals surface area contributed by atoms with E-state index in [0.29, 0.717) is 23.7 Å². The molecular formula is C24H31NO3. The van der Waals surface area contributed by atoms with E-state index in [1.807, 2.05) is 0 Å². The highest BCUT2D eigenvalue weighted by Gasteiger charge is 2.78. The molecule has 6 rings (SSSR count). The van der Waals surface area contributed by atoms with Crippen LogP contribution in [-0.4, -0.2) is 22.5 Å². The van der Waals surface area contributed by atoms with Crippen LogP contribution < -0.4 is 0 Å². The van der Waals surface area contributed by atoms with E-state index < -0.39 is 0 Å². The Kier molecular flexibility index (Phi) is 3.41. The van der Waals surface area contributed by atoms with Crippen molar-refractivity contribution in [1.82, 2.24) is 0 Å². The van der Waals surface area contributed by atoms with E-state index in [-0.39, 0.29) is 17.0 Å². The van der Waals surface area contributed by atoms with Gasteiger partial charge in [-0.25, -0.2) is 4.79 Å². The molecule has 5 aliphatic carbocycles. The molecular weight excluding hydrogens is 350 g/mol. The highest BCUT2D eigenvalue weighted by molar-refractivity contribution is 5.96. The molecule has 4 fully saturated rings. The third kappa shape index (κ3) is 1.92. The van der Waals surface area contributed by atoms with Crippen molar-refractivity contribution in [3.63, 3.8) is 0 Å². The molecule has 28 heavy (non-hydrogen) atoms. The number of allylic oxidation sites excluding steroid dienone is 2. The first-order valence-electron chi connectivity index (χ1n) is 11.4. The summed E-state index contributed by atoms with van der Waals surface area (Å²) >= 11 is 0. The van der Waals surface area contributed by atoms with Crippen LogP contribution in [0.1, 0.15) is 58.8 Å². The lowest BCUT2D eigenvalue weighted by Gasteiger charge is -2.59. The molecule has 4 nitrogen and oxygen atoms in total. The van der Waals surface area contributed by atoms with Crippen molar-refractivity contribution in [2.45, 2.75) is 64.4 Å². The minimum absolute atomic E-state index is 0.103. The molecule has 0 bridgehead atoms. The molecule has 4 saturated carbocycles. The van der Waals surface area contributed by atoms with E-state index in [4.69, 9.17) is 4.74 Å². The largest absolute Gasteiger partial charge is 0.451 e. The number of carbonyl (C=O) groups is 1. The van der Waals surface area contributed by atoms with E-state index in [0.717, 1.165) is 42.7 Å². The van der Waals surface area contributed by atoms with Crippen LogP contribution in [0.5, 0.6) is 0 Å². The number of hydrogen-bond acceptors (Lipinski definition) is 4. The summed E-state index contributed by atoms with van der Waals surface area (Å²) in [4.78, 5) is 12.1. The summed E-state index contributed by atoms with van der Waals surface area (Å²) in [6.45, 7) is 4.79. The molecule has 0 aromatic heterocycles. The number of carbonyl (C=O) groups excluding carboxylic acids is 1. The van der Waals surface area contributed by atoms with Gasteiger partial charge in [0.15, 0.2) is 0 Å². The van der Waals surface area contributed by atoms with Crippen molar-refractivity contribution in [2.75, 3.05) is 0 Å². The summed E-state index contributed by atoms with van der Waals surface area (Å²) in [6.07, 6.45) is 14.1. The highest BCUT2D eigenvalue weighted by atomic mass is 16.6. The lowest BCUT2D eigenvalue weighted by molar-refractivity contribution is -0.170. The van der Waals surface area contributed by atoms with Crippen LogP contribution in [0.15, 0.2) is 29.0 Å². The average Bonchev–Trinajstić information content (AvgIpc) is 3.35. The molecule has 1 aliphatic heterocycles. The van der Waals surface area contributed by atoms with Crippen LogP contribution in [-0.2, 0) is 9.53 Å². The smallest absolute Gasteiger partial charge is 0.331 e. The van der Waals surface area contributed by atoms with Crippen molar-refractivity contribution in [1.29, 1.82) is 0 Å². The Morgan fingerprint density at radius 1 is 1.32 bits per heavy atom. The maximum atomic E-state index is 12.1. The fraction of sp³-hybridized carbons (Fsp3) is 0.750. The molecule has 4 heteroatoms. The third-order valence-electron chi connectivity index (χ3n) is 9.87. The normalized spacial score (nSPS) is 54.6. The number of nitrogens with zero attached hydrogens (tertiary/aromatic N) is 1. The predicted molar refractivity (Wildman–Crippen MR) is 106 cm³/mol. The Morgan fingerprint density at radius 2 is 2.18 bits per heavy atom. The molecule has 0 aromatic carbocycles. The van der Waals surface area contributed by atoms with Gasteiger partial charge in [0.2, 0.25) is 0 Å². The van der Waals surface area contributed by atoms with Gasteiger partial charge >= 0.3 is 5.97 Å². The van der Waals surface area contributed by atoms with Crippen molar-refractivity contribution in [3.05, 3.63) is 23.8 Å². The molecule has 0 radical (unpaired) electrons. The first-order valence-corrected chi connectivity index (χ1v) is 11.4. The zero-order valence-electron chi connectivity index (χ0n) is 16.9. The van der Waals surface area contributed by atoms with E-state index in [9.17, 15) is 10.0 Å². The van der Waals surface area contributed by atoms with Crippen molar-refractivity contribution in [2.24, 2.45) is 52.0 Å². The zero-order chi connectivity index (χ0) is 19.3. The first-order chi connectivity index (χ1) is 13.5. The molecule has 0 aromatic rings. The molecule has 6 aliphatic rings. The fourth-order valence-corrected chi connectivity index (χ4v) is 8.82. The van der Waals surface area contributed by atoms with Crippen LogP contribution in [0, 0.1) is 46.8 Å². The number of hydrogen-bond donors (Lipinski definition) is 1. The van der Waals surface area contributed by atoms with Crippen molar-refractivity contribution < 1.29 is 14.7 Å². The second-order valence-corrected chi connectivity index (χ2v) is 10.6. The van der Waals surface area contributed by atoms with Gasteiger partial charge in [-0.1, -0.05) is 31.0 Å². The van der Waals surface area contributed by atoms with Crippen LogP contribution in [0.2, 0.25) is 0 Å². The molecule has 150 valence electrons. The summed E-state index contributed by atoms with van der Waals surface area (Å²) in [5, 5.41) is 12.8. The summed E-state index contributed by atoms with van der Waals surface area (Å²) in [7, 11) is 0. The van der Waals surface area contributed by atoms with Crippen molar-refractivity contribution >= 4 is 11.7 Å². The summed E-state index contributed by atoms with van der Waals surface area (Å²) in [5.74, 6) is 4.72. The van der Waals surface area contributed by atoms with Gasteiger partial charge in [-0.2, -0.15) is 0 Å². The number of fused-ring (bicyclic) bond motifs is 9. The quantitative estimate of drug-likeness (QED) is 0.406. The van der Waals surface area contributed by atoms with Crippen LogP contribution >= 0.6 is 0 Å². The van der Waals surface area contributed by atoms with Crippen LogP contribution in [0.25, 0.3) is 0 Å². The lowest BCUT2D eigenvalue weighted by atomic mass is 9.46.